The number of aromatic nitrogens is 2. The first kappa shape index (κ1) is 18.8. The summed E-state index contributed by atoms with van der Waals surface area (Å²) in [6.45, 7) is 0.682. The molecule has 1 saturated carbocycles. The smallest absolute Gasteiger partial charge is 0.222 e. The number of hydrogen-bond acceptors (Lipinski definition) is 5. The average Bonchev–Trinajstić information content (AvgIpc) is 2.69. The topological polar surface area (TPSA) is 87.0 Å². The number of ether oxygens (including phenoxy) is 1. The molecule has 146 valence electrons. The molecule has 0 unspecified atom stereocenters. The maximum atomic E-state index is 6.31. The van der Waals surface area contributed by atoms with Gasteiger partial charge >= 0.3 is 0 Å². The summed E-state index contributed by atoms with van der Waals surface area (Å²) in [7, 11) is 0. The van der Waals surface area contributed by atoms with E-state index in [0.717, 1.165) is 22.6 Å². The highest BCUT2D eigenvalue weighted by molar-refractivity contribution is 6.31. The zero-order chi connectivity index (χ0) is 19.5. The summed E-state index contributed by atoms with van der Waals surface area (Å²) in [5.41, 5.74) is 13.7. The number of anilines is 2. The van der Waals surface area contributed by atoms with E-state index in [2.05, 4.69) is 22.1 Å². The van der Waals surface area contributed by atoms with Crippen LogP contribution in [0.1, 0.15) is 31.2 Å². The quantitative estimate of drug-likeness (QED) is 0.642. The van der Waals surface area contributed by atoms with Crippen molar-refractivity contribution in [3.8, 4) is 5.75 Å². The molecule has 0 saturated heterocycles. The SMILES string of the molecule is Nc1nc(N)c2c(OCC3CCC(Cc4ccccc4Cl)CC3)cccc2n1. The van der Waals surface area contributed by atoms with E-state index in [1.54, 1.807) is 0 Å². The zero-order valence-corrected chi connectivity index (χ0v) is 16.5. The maximum Gasteiger partial charge on any atom is 0.222 e. The van der Waals surface area contributed by atoms with E-state index in [4.69, 9.17) is 27.8 Å². The summed E-state index contributed by atoms with van der Waals surface area (Å²) in [6, 6.07) is 13.9. The van der Waals surface area contributed by atoms with E-state index >= 15 is 0 Å². The van der Waals surface area contributed by atoms with Gasteiger partial charge < -0.3 is 16.2 Å². The van der Waals surface area contributed by atoms with Gasteiger partial charge in [0.2, 0.25) is 5.95 Å². The molecule has 1 aliphatic rings. The Morgan fingerprint density at radius 3 is 2.46 bits per heavy atom. The van der Waals surface area contributed by atoms with E-state index in [9.17, 15) is 0 Å². The summed E-state index contributed by atoms with van der Waals surface area (Å²) in [5, 5.41) is 1.62. The summed E-state index contributed by atoms with van der Waals surface area (Å²) in [5.74, 6) is 2.52. The van der Waals surface area contributed by atoms with Gasteiger partial charge in [-0.2, -0.15) is 4.98 Å². The minimum Gasteiger partial charge on any atom is -0.492 e. The van der Waals surface area contributed by atoms with Crippen LogP contribution in [0.5, 0.6) is 5.75 Å². The van der Waals surface area contributed by atoms with Gasteiger partial charge in [0.1, 0.15) is 11.6 Å². The zero-order valence-electron chi connectivity index (χ0n) is 15.8. The average molecular weight is 397 g/mol. The largest absolute Gasteiger partial charge is 0.492 e. The summed E-state index contributed by atoms with van der Waals surface area (Å²) < 4.78 is 6.13. The Bertz CT molecular complexity index is 970. The van der Waals surface area contributed by atoms with E-state index in [1.807, 2.05) is 30.3 Å². The van der Waals surface area contributed by atoms with Crippen LogP contribution in [0.15, 0.2) is 42.5 Å². The predicted molar refractivity (Wildman–Crippen MR) is 114 cm³/mol. The second-order valence-corrected chi connectivity index (χ2v) is 8.02. The number of nitrogens with zero attached hydrogens (tertiary/aromatic N) is 2. The molecule has 6 heteroatoms. The van der Waals surface area contributed by atoms with Crippen LogP contribution in [0.25, 0.3) is 10.9 Å². The Morgan fingerprint density at radius 1 is 0.929 bits per heavy atom. The molecule has 0 amide bonds. The van der Waals surface area contributed by atoms with Crippen molar-refractivity contribution in [2.45, 2.75) is 32.1 Å². The Labute approximate surface area is 170 Å². The molecular weight excluding hydrogens is 372 g/mol. The number of nitrogens with two attached hydrogens (primary N) is 2. The lowest BCUT2D eigenvalue weighted by molar-refractivity contribution is 0.184. The molecule has 0 aliphatic heterocycles. The van der Waals surface area contributed by atoms with Crippen LogP contribution < -0.4 is 16.2 Å². The molecule has 4 rings (SSSR count). The van der Waals surface area contributed by atoms with Crippen molar-refractivity contribution in [3.05, 3.63) is 53.1 Å². The Balaban J connectivity index is 1.35. The van der Waals surface area contributed by atoms with Crippen LogP contribution in [0.2, 0.25) is 5.02 Å². The molecule has 1 aromatic heterocycles. The van der Waals surface area contributed by atoms with Gasteiger partial charge in [0.05, 0.1) is 17.5 Å². The molecule has 1 fully saturated rings. The number of benzene rings is 2. The molecule has 0 bridgehead atoms. The second kappa shape index (κ2) is 8.23. The van der Waals surface area contributed by atoms with Crippen LogP contribution in [0, 0.1) is 11.8 Å². The fourth-order valence-corrected chi connectivity index (χ4v) is 4.32. The van der Waals surface area contributed by atoms with Crippen LogP contribution in [0.4, 0.5) is 11.8 Å². The van der Waals surface area contributed by atoms with Crippen molar-refractivity contribution in [2.24, 2.45) is 11.8 Å². The molecule has 3 aromatic rings. The maximum absolute atomic E-state index is 6.31. The lowest BCUT2D eigenvalue weighted by Gasteiger charge is -2.29. The fourth-order valence-electron chi connectivity index (χ4n) is 4.10. The van der Waals surface area contributed by atoms with Crippen molar-refractivity contribution < 1.29 is 4.74 Å². The Kier molecular flexibility index (Phi) is 5.53. The monoisotopic (exact) mass is 396 g/mol. The van der Waals surface area contributed by atoms with Crippen molar-refractivity contribution in [3.63, 3.8) is 0 Å². The predicted octanol–water partition coefficient (Wildman–Crippen LogP) is 4.88. The van der Waals surface area contributed by atoms with E-state index in [1.165, 1.54) is 31.2 Å². The standard InChI is InChI=1S/C22H25ClN4O/c23-17-5-2-1-4-16(17)12-14-8-10-15(11-9-14)13-28-19-7-3-6-18-20(19)21(24)27-22(25)26-18/h1-7,14-15H,8-13H2,(H4,24,25,26,27). The third-order valence-corrected chi connectivity index (χ3v) is 6.01. The van der Waals surface area contributed by atoms with Crippen molar-refractivity contribution >= 4 is 34.3 Å². The minimum atomic E-state index is 0.180. The van der Waals surface area contributed by atoms with Gasteiger partial charge in [-0.25, -0.2) is 4.98 Å². The molecule has 4 N–H and O–H groups in total. The molecule has 0 spiro atoms. The van der Waals surface area contributed by atoms with Crippen LogP contribution >= 0.6 is 11.6 Å². The molecule has 5 nitrogen and oxygen atoms in total. The Hall–Kier alpha value is -2.53. The summed E-state index contributed by atoms with van der Waals surface area (Å²) in [6.07, 6.45) is 5.80. The molecular formula is C22H25ClN4O. The van der Waals surface area contributed by atoms with Gasteiger partial charge in [0.25, 0.3) is 0 Å². The molecule has 0 radical (unpaired) electrons. The number of nitrogen functional groups attached to an aromatic ring is 2. The highest BCUT2D eigenvalue weighted by atomic mass is 35.5. The van der Waals surface area contributed by atoms with Gasteiger partial charge in [-0.05, 0) is 67.7 Å². The Morgan fingerprint density at radius 2 is 1.68 bits per heavy atom. The van der Waals surface area contributed by atoms with Gasteiger partial charge in [-0.15, -0.1) is 0 Å². The summed E-state index contributed by atoms with van der Waals surface area (Å²) >= 11 is 6.31. The first-order valence-electron chi connectivity index (χ1n) is 9.78. The first-order valence-corrected chi connectivity index (χ1v) is 10.2. The number of halogens is 1. The van der Waals surface area contributed by atoms with Crippen molar-refractivity contribution in [1.82, 2.24) is 9.97 Å². The number of rotatable bonds is 5. The molecule has 28 heavy (non-hydrogen) atoms. The van der Waals surface area contributed by atoms with Gasteiger partial charge in [0.15, 0.2) is 0 Å². The minimum absolute atomic E-state index is 0.180. The molecule has 2 aromatic carbocycles. The van der Waals surface area contributed by atoms with Gasteiger partial charge in [0, 0.05) is 5.02 Å². The molecule has 1 heterocycles. The first-order chi connectivity index (χ1) is 13.6. The van der Waals surface area contributed by atoms with Crippen LogP contribution in [0.3, 0.4) is 0 Å². The highest BCUT2D eigenvalue weighted by Gasteiger charge is 2.23. The molecule has 0 atom stereocenters. The van der Waals surface area contributed by atoms with Crippen LogP contribution in [-0.2, 0) is 6.42 Å². The van der Waals surface area contributed by atoms with E-state index < -0.39 is 0 Å². The van der Waals surface area contributed by atoms with Crippen molar-refractivity contribution in [1.29, 1.82) is 0 Å². The van der Waals surface area contributed by atoms with Crippen LogP contribution in [-0.4, -0.2) is 16.6 Å². The molecule has 1 aliphatic carbocycles. The summed E-state index contributed by atoms with van der Waals surface area (Å²) in [4.78, 5) is 8.31. The van der Waals surface area contributed by atoms with E-state index in [-0.39, 0.29) is 5.95 Å². The van der Waals surface area contributed by atoms with Crippen molar-refractivity contribution in [2.75, 3.05) is 18.1 Å². The number of hydrogen-bond donors (Lipinski definition) is 2. The number of fused-ring (bicyclic) bond motifs is 1. The van der Waals surface area contributed by atoms with Gasteiger partial charge in [-0.1, -0.05) is 35.9 Å². The normalized spacial score (nSPS) is 19.6. The third kappa shape index (κ3) is 4.14. The fraction of sp³-hybridized carbons (Fsp3) is 0.364. The lowest BCUT2D eigenvalue weighted by atomic mass is 9.79. The van der Waals surface area contributed by atoms with E-state index in [0.29, 0.717) is 29.8 Å². The lowest BCUT2D eigenvalue weighted by Crippen LogP contribution is -2.21. The second-order valence-electron chi connectivity index (χ2n) is 7.61. The van der Waals surface area contributed by atoms with Gasteiger partial charge in [-0.3, -0.25) is 0 Å². The highest BCUT2D eigenvalue weighted by Crippen LogP contribution is 2.34. The third-order valence-electron chi connectivity index (χ3n) is 5.64.